The first-order valence-corrected chi connectivity index (χ1v) is 11.7. The molecule has 8 nitrogen and oxygen atoms in total. The molecule has 0 unspecified atom stereocenters. The van der Waals surface area contributed by atoms with Gasteiger partial charge in [0.15, 0.2) is 23.9 Å². The Kier molecular flexibility index (Phi) is 6.98. The number of Topliss-reactive ketones (excluding diaryl/α,β-unsaturated/α-hetero) is 1. The molecule has 0 aromatic heterocycles. The summed E-state index contributed by atoms with van der Waals surface area (Å²) in [5.41, 5.74) is 3.95. The molecular weight excluding hydrogens is 518 g/mol. The summed E-state index contributed by atoms with van der Waals surface area (Å²) in [6.45, 7) is 3.44. The summed E-state index contributed by atoms with van der Waals surface area (Å²) in [4.78, 5) is 38.2. The van der Waals surface area contributed by atoms with Crippen molar-refractivity contribution < 1.29 is 33.3 Å². The fourth-order valence-electron chi connectivity index (χ4n) is 4.40. The molecule has 1 N–H and O–H groups in total. The summed E-state index contributed by atoms with van der Waals surface area (Å²) in [7, 11) is 2.77. The molecule has 0 amide bonds. The quantitative estimate of drug-likeness (QED) is 0.522. The van der Waals surface area contributed by atoms with Gasteiger partial charge in [-0.3, -0.25) is 4.79 Å². The predicted octanol–water partition coefficient (Wildman–Crippen LogP) is 4.14. The van der Waals surface area contributed by atoms with E-state index < -0.39 is 17.9 Å². The van der Waals surface area contributed by atoms with Crippen LogP contribution in [0, 0.1) is 0 Å². The molecular formula is C26H24BrNO7. The van der Waals surface area contributed by atoms with Gasteiger partial charge < -0.3 is 24.3 Å². The van der Waals surface area contributed by atoms with Crippen LogP contribution in [0.4, 0.5) is 0 Å². The number of nitrogens with one attached hydrogen (secondary N) is 1. The highest BCUT2D eigenvalue weighted by Crippen LogP contribution is 2.50. The molecule has 35 heavy (non-hydrogen) atoms. The second-order valence-electron chi connectivity index (χ2n) is 7.87. The number of dihydropyridines is 1. The van der Waals surface area contributed by atoms with Gasteiger partial charge in [0.05, 0.1) is 38.0 Å². The number of ketones is 1. The molecule has 0 radical (unpaired) electrons. The van der Waals surface area contributed by atoms with Crippen molar-refractivity contribution in [3.8, 4) is 11.5 Å². The van der Waals surface area contributed by atoms with Crippen molar-refractivity contribution in [2.75, 3.05) is 27.4 Å². The lowest BCUT2D eigenvalue weighted by Gasteiger charge is -2.30. The van der Waals surface area contributed by atoms with Crippen LogP contribution in [0.2, 0.25) is 0 Å². The van der Waals surface area contributed by atoms with Gasteiger partial charge in [0.25, 0.3) is 0 Å². The van der Waals surface area contributed by atoms with Gasteiger partial charge in [0.2, 0.25) is 0 Å². The zero-order chi connectivity index (χ0) is 25.3. The van der Waals surface area contributed by atoms with Gasteiger partial charge in [-0.2, -0.15) is 0 Å². The molecule has 0 bridgehead atoms. The molecule has 1 aliphatic heterocycles. The average Bonchev–Trinajstić information content (AvgIpc) is 3.13. The number of carbonyl (C=O) groups is 3. The Morgan fingerprint density at radius 1 is 1.09 bits per heavy atom. The van der Waals surface area contributed by atoms with E-state index in [1.54, 1.807) is 38.1 Å². The maximum Gasteiger partial charge on any atom is 0.344 e. The van der Waals surface area contributed by atoms with Gasteiger partial charge in [0.1, 0.15) is 0 Å². The number of hydrogen-bond acceptors (Lipinski definition) is 8. The summed E-state index contributed by atoms with van der Waals surface area (Å²) < 4.78 is 21.7. The Balaban J connectivity index is 1.85. The molecule has 182 valence electrons. The smallest absolute Gasteiger partial charge is 0.344 e. The zero-order valence-electron chi connectivity index (χ0n) is 19.7. The minimum absolute atomic E-state index is 0.171. The first-order chi connectivity index (χ1) is 16.8. The highest BCUT2D eigenvalue weighted by atomic mass is 79.9. The number of ether oxygens (including phenoxy) is 4. The zero-order valence-corrected chi connectivity index (χ0v) is 21.3. The second kappa shape index (κ2) is 9.95. The number of halogens is 1. The van der Waals surface area contributed by atoms with Crippen molar-refractivity contribution >= 4 is 39.3 Å². The Morgan fingerprint density at radius 3 is 2.46 bits per heavy atom. The van der Waals surface area contributed by atoms with Crippen molar-refractivity contribution in [1.82, 2.24) is 5.32 Å². The number of rotatable bonds is 7. The highest BCUT2D eigenvalue weighted by molar-refractivity contribution is 9.10. The van der Waals surface area contributed by atoms with Gasteiger partial charge in [0, 0.05) is 26.9 Å². The molecule has 4 rings (SSSR count). The molecule has 0 spiro atoms. The molecule has 0 saturated carbocycles. The Bertz CT molecular complexity index is 1290. The maximum absolute atomic E-state index is 13.6. The lowest BCUT2D eigenvalue weighted by Crippen LogP contribution is -2.29. The van der Waals surface area contributed by atoms with E-state index in [2.05, 4.69) is 21.2 Å². The van der Waals surface area contributed by atoms with Crippen LogP contribution in [0.5, 0.6) is 11.5 Å². The first-order valence-electron chi connectivity index (χ1n) is 10.9. The van der Waals surface area contributed by atoms with Gasteiger partial charge in [-0.05, 0) is 31.5 Å². The van der Waals surface area contributed by atoms with Crippen molar-refractivity contribution in [1.29, 1.82) is 0 Å². The number of allylic oxidation sites excluding steroid dienone is 2. The lowest BCUT2D eigenvalue weighted by molar-refractivity contribution is -0.145. The fraction of sp³-hybridized carbons (Fsp3) is 0.269. The number of fused-ring (bicyclic) bond motifs is 2. The lowest BCUT2D eigenvalue weighted by atomic mass is 9.79. The largest absolute Gasteiger partial charge is 0.493 e. The number of benzene rings is 2. The Morgan fingerprint density at radius 2 is 1.80 bits per heavy atom. The minimum Gasteiger partial charge on any atom is -0.493 e. The summed E-state index contributed by atoms with van der Waals surface area (Å²) in [5, 5.41) is 3.25. The minimum atomic E-state index is -0.735. The molecule has 0 fully saturated rings. The van der Waals surface area contributed by atoms with Crippen molar-refractivity contribution in [2.24, 2.45) is 0 Å². The van der Waals surface area contributed by atoms with Crippen LogP contribution in [-0.2, 0) is 19.1 Å². The third-order valence-corrected chi connectivity index (χ3v) is 6.59. The van der Waals surface area contributed by atoms with Crippen LogP contribution in [0.3, 0.4) is 0 Å². The molecule has 2 aromatic carbocycles. The van der Waals surface area contributed by atoms with E-state index in [4.69, 9.17) is 18.9 Å². The van der Waals surface area contributed by atoms with E-state index in [0.29, 0.717) is 49.6 Å². The predicted molar refractivity (Wildman–Crippen MR) is 131 cm³/mol. The van der Waals surface area contributed by atoms with E-state index >= 15 is 0 Å². The van der Waals surface area contributed by atoms with Crippen LogP contribution in [0.25, 0.3) is 5.70 Å². The summed E-state index contributed by atoms with van der Waals surface area (Å²) >= 11 is 3.57. The number of hydrogen-bond donors (Lipinski definition) is 1. The van der Waals surface area contributed by atoms with Gasteiger partial charge in [-0.1, -0.05) is 40.2 Å². The van der Waals surface area contributed by atoms with E-state index in [9.17, 15) is 14.4 Å². The number of esters is 2. The summed E-state index contributed by atoms with van der Waals surface area (Å²) in [6, 6.07) is 10.6. The molecule has 9 heteroatoms. The van der Waals surface area contributed by atoms with Gasteiger partial charge >= 0.3 is 11.9 Å². The van der Waals surface area contributed by atoms with Crippen molar-refractivity contribution in [2.45, 2.75) is 19.8 Å². The Hall–Kier alpha value is -3.59. The number of carbonyl (C=O) groups excluding carboxylic acids is 3. The highest BCUT2D eigenvalue weighted by Gasteiger charge is 2.43. The van der Waals surface area contributed by atoms with Crippen LogP contribution in [-0.4, -0.2) is 45.2 Å². The van der Waals surface area contributed by atoms with Crippen LogP contribution in [0.1, 0.15) is 41.3 Å². The monoisotopic (exact) mass is 541 g/mol. The molecule has 1 heterocycles. The van der Waals surface area contributed by atoms with Gasteiger partial charge in [-0.15, -0.1) is 0 Å². The summed E-state index contributed by atoms with van der Waals surface area (Å²) in [5.74, 6) is -1.33. The van der Waals surface area contributed by atoms with E-state index in [0.717, 1.165) is 5.56 Å². The van der Waals surface area contributed by atoms with Crippen LogP contribution < -0.4 is 14.8 Å². The fourth-order valence-corrected chi connectivity index (χ4v) is 4.96. The van der Waals surface area contributed by atoms with E-state index in [1.807, 2.05) is 12.1 Å². The van der Waals surface area contributed by atoms with Crippen LogP contribution in [0.15, 0.2) is 57.7 Å². The number of methoxy groups -OCH3 is 2. The van der Waals surface area contributed by atoms with E-state index in [1.165, 1.54) is 14.2 Å². The van der Waals surface area contributed by atoms with Crippen molar-refractivity contribution in [3.05, 3.63) is 74.4 Å². The third-order valence-electron chi connectivity index (χ3n) is 5.90. The maximum atomic E-state index is 13.6. The topological polar surface area (TPSA) is 100 Å². The van der Waals surface area contributed by atoms with Gasteiger partial charge in [-0.25, -0.2) is 9.59 Å². The molecule has 2 aromatic rings. The molecule has 1 aliphatic carbocycles. The normalized spacial score (nSPS) is 16.4. The van der Waals surface area contributed by atoms with Crippen LogP contribution >= 0.6 is 15.9 Å². The Labute approximate surface area is 211 Å². The molecule has 2 aliphatic rings. The SMILES string of the molecule is CCOC(=O)COc1cc(Br)c([C@H]2C(C(=O)OC)=C(C)NC3=C2C(=O)c2ccccc23)cc1OC. The van der Waals surface area contributed by atoms with E-state index in [-0.39, 0.29) is 19.0 Å². The standard InChI is InChI=1S/C26H24BrNO7/c1-5-34-20(29)12-35-19-11-17(27)16(10-18(19)32-3)22-21(26(31)33-4)13(2)28-24-14-8-6-7-9-15(14)25(30)23(22)24/h6-11,22,28H,5,12H2,1-4H3/t22-/m0/s1. The molecule has 0 saturated heterocycles. The summed E-state index contributed by atoms with van der Waals surface area (Å²) in [6.07, 6.45) is 0. The first kappa shape index (κ1) is 24.5. The molecule has 1 atom stereocenters. The second-order valence-corrected chi connectivity index (χ2v) is 8.72. The van der Waals surface area contributed by atoms with Crippen molar-refractivity contribution in [3.63, 3.8) is 0 Å². The average molecular weight is 542 g/mol. The third kappa shape index (κ3) is 4.32.